The minimum absolute atomic E-state index is 0.509. The Morgan fingerprint density at radius 3 is 2.24 bits per heavy atom. The van der Waals surface area contributed by atoms with Crippen molar-refractivity contribution >= 4 is 11.6 Å². The highest BCUT2D eigenvalue weighted by molar-refractivity contribution is 5.43. The van der Waals surface area contributed by atoms with E-state index in [0.717, 1.165) is 22.9 Å². The van der Waals surface area contributed by atoms with Gasteiger partial charge in [-0.3, -0.25) is 0 Å². The van der Waals surface area contributed by atoms with Gasteiger partial charge in [-0.25, -0.2) is 19.9 Å². The van der Waals surface area contributed by atoms with E-state index in [9.17, 15) is 0 Å². The number of nitrogen functional groups attached to an aromatic ring is 1. The van der Waals surface area contributed by atoms with Crippen LogP contribution in [0.15, 0.2) is 55.4 Å². The van der Waals surface area contributed by atoms with E-state index >= 15 is 0 Å². The summed E-state index contributed by atoms with van der Waals surface area (Å²) in [6.45, 7) is 0.629. The Kier molecular flexibility index (Phi) is 6.93. The van der Waals surface area contributed by atoms with Crippen LogP contribution in [0.4, 0.5) is 11.6 Å². The fourth-order valence-electron chi connectivity index (χ4n) is 1.88. The zero-order valence-electron chi connectivity index (χ0n) is 14.1. The van der Waals surface area contributed by atoms with E-state index in [2.05, 4.69) is 25.3 Å². The van der Waals surface area contributed by atoms with Gasteiger partial charge in [0.15, 0.2) is 0 Å². The van der Waals surface area contributed by atoms with Crippen LogP contribution in [0.25, 0.3) is 0 Å². The van der Waals surface area contributed by atoms with Crippen molar-refractivity contribution in [1.82, 2.24) is 19.9 Å². The van der Waals surface area contributed by atoms with E-state index in [0.29, 0.717) is 12.4 Å². The van der Waals surface area contributed by atoms with Crippen LogP contribution in [0.1, 0.15) is 5.56 Å². The van der Waals surface area contributed by atoms with E-state index < -0.39 is 0 Å². The molecule has 3 rings (SSSR count). The predicted octanol–water partition coefficient (Wildman–Crippen LogP) is 2.16. The van der Waals surface area contributed by atoms with Crippen LogP contribution in [0.5, 0.6) is 11.5 Å². The molecule has 0 aliphatic carbocycles. The average molecular weight is 340 g/mol. The summed E-state index contributed by atoms with van der Waals surface area (Å²) in [7, 11) is 3.27. The Balaban J connectivity index is 0.000000269. The van der Waals surface area contributed by atoms with Crippen molar-refractivity contribution in [2.45, 2.75) is 6.54 Å². The van der Waals surface area contributed by atoms with Gasteiger partial charge < -0.3 is 20.5 Å². The number of nitrogens with zero attached hydrogens (tertiary/aromatic N) is 4. The van der Waals surface area contributed by atoms with Crippen LogP contribution in [0.3, 0.4) is 0 Å². The molecule has 1 aromatic carbocycles. The van der Waals surface area contributed by atoms with Gasteiger partial charge in [-0.05, 0) is 24.3 Å². The van der Waals surface area contributed by atoms with Crippen LogP contribution in [0.2, 0.25) is 0 Å². The molecule has 0 atom stereocenters. The number of hydrogen-bond acceptors (Lipinski definition) is 8. The van der Waals surface area contributed by atoms with Gasteiger partial charge in [-0.1, -0.05) is 0 Å². The van der Waals surface area contributed by atoms with Crippen molar-refractivity contribution in [3.8, 4) is 11.5 Å². The van der Waals surface area contributed by atoms with Crippen LogP contribution in [-0.4, -0.2) is 34.2 Å². The Hall–Kier alpha value is -3.42. The summed E-state index contributed by atoms with van der Waals surface area (Å²) in [5.41, 5.74) is 6.25. The number of anilines is 2. The molecule has 2 heterocycles. The molecule has 3 N–H and O–H groups in total. The highest BCUT2D eigenvalue weighted by Crippen LogP contribution is 2.25. The first-order valence-corrected chi connectivity index (χ1v) is 7.45. The number of ether oxygens (including phenoxy) is 2. The molecule has 0 aliphatic heterocycles. The first-order valence-electron chi connectivity index (χ1n) is 7.45. The molecule has 0 bridgehead atoms. The molecule has 3 aromatic rings. The lowest BCUT2D eigenvalue weighted by Crippen LogP contribution is -2.03. The summed E-state index contributed by atoms with van der Waals surface area (Å²) in [5.74, 6) is 2.85. The topological polar surface area (TPSA) is 108 Å². The molecular weight excluding hydrogens is 320 g/mol. The average Bonchev–Trinajstić information content (AvgIpc) is 2.68. The summed E-state index contributed by atoms with van der Waals surface area (Å²) in [6, 6.07) is 9.18. The summed E-state index contributed by atoms with van der Waals surface area (Å²) < 4.78 is 10.5. The highest BCUT2D eigenvalue weighted by atomic mass is 16.5. The molecule has 130 valence electrons. The maximum atomic E-state index is 5.32. The maximum Gasteiger partial charge on any atom is 0.129 e. The quantitative estimate of drug-likeness (QED) is 0.727. The van der Waals surface area contributed by atoms with Crippen molar-refractivity contribution in [3.63, 3.8) is 0 Å². The zero-order chi connectivity index (χ0) is 17.9. The number of benzene rings is 1. The van der Waals surface area contributed by atoms with Crippen LogP contribution in [0, 0.1) is 0 Å². The Labute approximate surface area is 146 Å². The lowest BCUT2D eigenvalue weighted by Gasteiger charge is -2.11. The van der Waals surface area contributed by atoms with Crippen molar-refractivity contribution in [2.24, 2.45) is 0 Å². The van der Waals surface area contributed by atoms with Gasteiger partial charge in [0, 0.05) is 30.6 Å². The van der Waals surface area contributed by atoms with Crippen molar-refractivity contribution in [2.75, 3.05) is 25.3 Å². The Bertz CT molecular complexity index is 756. The van der Waals surface area contributed by atoms with Gasteiger partial charge in [0.2, 0.25) is 0 Å². The Morgan fingerprint density at radius 1 is 0.960 bits per heavy atom. The first kappa shape index (κ1) is 17.9. The number of methoxy groups -OCH3 is 2. The standard InChI is InChI=1S/C13H15N3O2.C4H5N3/c1-17-11-4-3-10(12(7-11)18-2)8-15-13-5-6-14-9-16-13;5-4-1-2-6-3-7-4/h3-7,9H,8H2,1-2H3,(H,14,15,16);1-3H,(H2,5,6,7). The third kappa shape index (κ3) is 5.94. The fraction of sp³-hybridized carbons (Fsp3) is 0.176. The van der Waals surface area contributed by atoms with Crippen LogP contribution >= 0.6 is 0 Å². The lowest BCUT2D eigenvalue weighted by atomic mass is 10.2. The predicted molar refractivity (Wildman–Crippen MR) is 95.3 cm³/mol. The molecule has 0 aliphatic rings. The van der Waals surface area contributed by atoms with E-state index in [1.807, 2.05) is 24.3 Å². The molecule has 0 unspecified atom stereocenters. The molecule has 0 spiro atoms. The van der Waals surface area contributed by atoms with Crippen LogP contribution < -0.4 is 20.5 Å². The molecule has 0 radical (unpaired) electrons. The number of rotatable bonds is 5. The number of aromatic nitrogens is 4. The van der Waals surface area contributed by atoms with E-state index in [4.69, 9.17) is 15.2 Å². The second-order valence-electron chi connectivity index (χ2n) is 4.76. The van der Waals surface area contributed by atoms with E-state index in [1.165, 1.54) is 12.7 Å². The number of hydrogen-bond donors (Lipinski definition) is 2. The molecule has 25 heavy (non-hydrogen) atoms. The maximum absolute atomic E-state index is 5.32. The van der Waals surface area contributed by atoms with Gasteiger partial charge in [0.1, 0.15) is 35.8 Å². The second kappa shape index (κ2) is 9.66. The summed E-state index contributed by atoms with van der Waals surface area (Å²) in [4.78, 5) is 15.3. The van der Waals surface area contributed by atoms with Gasteiger partial charge in [-0.15, -0.1) is 0 Å². The highest BCUT2D eigenvalue weighted by Gasteiger charge is 2.04. The number of nitrogens with two attached hydrogens (primary N) is 1. The molecule has 2 aromatic heterocycles. The van der Waals surface area contributed by atoms with Crippen molar-refractivity contribution in [1.29, 1.82) is 0 Å². The largest absolute Gasteiger partial charge is 0.497 e. The first-order chi connectivity index (χ1) is 12.2. The van der Waals surface area contributed by atoms with Crippen molar-refractivity contribution in [3.05, 3.63) is 60.9 Å². The Morgan fingerprint density at radius 2 is 1.72 bits per heavy atom. The molecular formula is C17H20N6O2. The van der Waals surface area contributed by atoms with Gasteiger partial charge in [0.25, 0.3) is 0 Å². The smallest absolute Gasteiger partial charge is 0.129 e. The van der Waals surface area contributed by atoms with E-state index in [-0.39, 0.29) is 0 Å². The fourth-order valence-corrected chi connectivity index (χ4v) is 1.88. The third-order valence-corrected chi connectivity index (χ3v) is 3.14. The third-order valence-electron chi connectivity index (χ3n) is 3.14. The molecule has 8 heteroatoms. The molecule has 0 saturated heterocycles. The minimum Gasteiger partial charge on any atom is -0.497 e. The minimum atomic E-state index is 0.509. The van der Waals surface area contributed by atoms with Crippen LogP contribution in [-0.2, 0) is 6.54 Å². The van der Waals surface area contributed by atoms with Gasteiger partial charge in [-0.2, -0.15) is 0 Å². The van der Waals surface area contributed by atoms with Gasteiger partial charge in [0.05, 0.1) is 14.2 Å². The van der Waals surface area contributed by atoms with Gasteiger partial charge >= 0.3 is 0 Å². The zero-order valence-corrected chi connectivity index (χ0v) is 14.1. The normalized spacial score (nSPS) is 9.52. The summed E-state index contributed by atoms with van der Waals surface area (Å²) in [6.07, 6.45) is 6.21. The second-order valence-corrected chi connectivity index (χ2v) is 4.76. The van der Waals surface area contributed by atoms with Crippen molar-refractivity contribution < 1.29 is 9.47 Å². The lowest BCUT2D eigenvalue weighted by molar-refractivity contribution is 0.391. The molecule has 0 amide bonds. The summed E-state index contributed by atoms with van der Waals surface area (Å²) in [5, 5.41) is 3.20. The molecule has 0 saturated carbocycles. The summed E-state index contributed by atoms with van der Waals surface area (Å²) >= 11 is 0. The number of nitrogens with one attached hydrogen (secondary N) is 1. The molecule has 8 nitrogen and oxygen atoms in total. The monoisotopic (exact) mass is 340 g/mol. The van der Waals surface area contributed by atoms with E-state index in [1.54, 1.807) is 32.7 Å². The SMILES string of the molecule is COc1ccc(CNc2ccncn2)c(OC)c1.Nc1ccncn1. The molecule has 0 fully saturated rings.